The lowest BCUT2D eigenvalue weighted by Gasteiger charge is -2.36. The molecule has 0 saturated carbocycles. The number of hydrogen-bond donors (Lipinski definition) is 0. The third-order valence-corrected chi connectivity index (χ3v) is 3.42. The van der Waals surface area contributed by atoms with Crippen molar-refractivity contribution in [2.24, 2.45) is 0 Å². The molecule has 0 radical (unpaired) electrons. The van der Waals surface area contributed by atoms with E-state index in [0.717, 1.165) is 32.2 Å². The molecule has 2 atom stereocenters. The largest absolute Gasteiger partial charge is 0.300 e. The van der Waals surface area contributed by atoms with Gasteiger partial charge in [-0.15, -0.1) is 0 Å². The zero-order valence-corrected chi connectivity index (χ0v) is 8.96. The highest BCUT2D eigenvalue weighted by Gasteiger charge is 2.38. The van der Waals surface area contributed by atoms with Crippen molar-refractivity contribution in [3.8, 4) is 0 Å². The van der Waals surface area contributed by atoms with Crippen molar-refractivity contribution in [3.05, 3.63) is 12.2 Å². The molecule has 0 N–H and O–H groups in total. The van der Waals surface area contributed by atoms with E-state index in [0.29, 0.717) is 17.9 Å². The van der Waals surface area contributed by atoms with E-state index < -0.39 is 0 Å². The Bertz CT molecular complexity index is 259. The zero-order chi connectivity index (χ0) is 10.1. The Hall–Kier alpha value is -0.630. The molecule has 0 unspecified atom stereocenters. The Labute approximate surface area is 86.0 Å². The molecule has 2 aliphatic heterocycles. The quantitative estimate of drug-likeness (QED) is 0.626. The summed E-state index contributed by atoms with van der Waals surface area (Å²) in [6.07, 6.45) is 4.92. The first-order valence-electron chi connectivity index (χ1n) is 5.64. The van der Waals surface area contributed by atoms with Crippen LogP contribution in [0.15, 0.2) is 12.2 Å². The van der Waals surface area contributed by atoms with Crippen molar-refractivity contribution in [1.82, 2.24) is 4.90 Å². The minimum Gasteiger partial charge on any atom is -0.300 e. The van der Waals surface area contributed by atoms with E-state index in [-0.39, 0.29) is 0 Å². The van der Waals surface area contributed by atoms with Gasteiger partial charge in [0.1, 0.15) is 5.78 Å². The highest BCUT2D eigenvalue weighted by molar-refractivity contribution is 5.80. The number of nitrogens with zero attached hydrogens (tertiary/aromatic N) is 1. The molecule has 14 heavy (non-hydrogen) atoms. The van der Waals surface area contributed by atoms with Crippen molar-refractivity contribution in [2.45, 2.75) is 51.1 Å². The SMILES string of the molecule is C=C1C[C@H]2CC(=O)C[C@H](CCC)N2C1. The zero-order valence-electron chi connectivity index (χ0n) is 8.96. The monoisotopic (exact) mass is 193 g/mol. The molecule has 2 fully saturated rings. The van der Waals surface area contributed by atoms with Gasteiger partial charge in [-0.1, -0.05) is 25.5 Å². The van der Waals surface area contributed by atoms with Gasteiger partial charge in [0.05, 0.1) is 0 Å². The van der Waals surface area contributed by atoms with Crippen molar-refractivity contribution >= 4 is 5.78 Å². The van der Waals surface area contributed by atoms with E-state index in [2.05, 4.69) is 18.4 Å². The van der Waals surface area contributed by atoms with Crippen molar-refractivity contribution < 1.29 is 4.79 Å². The molecule has 0 spiro atoms. The lowest BCUT2D eigenvalue weighted by Crippen LogP contribution is -2.45. The topological polar surface area (TPSA) is 20.3 Å². The fourth-order valence-electron chi connectivity index (χ4n) is 2.85. The number of hydrogen-bond acceptors (Lipinski definition) is 2. The molecule has 2 aliphatic rings. The van der Waals surface area contributed by atoms with Gasteiger partial charge in [0.15, 0.2) is 0 Å². The summed E-state index contributed by atoms with van der Waals surface area (Å²) in [6, 6.07) is 0.991. The predicted molar refractivity (Wildman–Crippen MR) is 57.2 cm³/mol. The van der Waals surface area contributed by atoms with Crippen LogP contribution in [0.2, 0.25) is 0 Å². The third kappa shape index (κ3) is 1.76. The molecule has 2 heteroatoms. The van der Waals surface area contributed by atoms with Gasteiger partial charge in [0, 0.05) is 31.5 Å². The molecule has 0 aromatic carbocycles. The molecule has 78 valence electrons. The Balaban J connectivity index is 2.09. The van der Waals surface area contributed by atoms with Crippen LogP contribution in [0.3, 0.4) is 0 Å². The number of rotatable bonds is 2. The number of carbonyl (C=O) groups is 1. The Morgan fingerprint density at radius 2 is 2.21 bits per heavy atom. The maximum Gasteiger partial charge on any atom is 0.136 e. The molecule has 0 aromatic heterocycles. The summed E-state index contributed by atoms with van der Waals surface area (Å²) in [5.41, 5.74) is 1.31. The number of Topliss-reactive ketones (excluding diaryl/α,β-unsaturated/α-hetero) is 1. The average Bonchev–Trinajstić information content (AvgIpc) is 2.45. The van der Waals surface area contributed by atoms with Crippen LogP contribution < -0.4 is 0 Å². The van der Waals surface area contributed by atoms with Gasteiger partial charge in [0.25, 0.3) is 0 Å². The van der Waals surface area contributed by atoms with Crippen LogP contribution in [0.1, 0.15) is 39.0 Å². The summed E-state index contributed by atoms with van der Waals surface area (Å²) in [5.74, 6) is 0.458. The maximum atomic E-state index is 11.5. The van der Waals surface area contributed by atoms with E-state index >= 15 is 0 Å². The molecule has 0 bridgehead atoms. The van der Waals surface area contributed by atoms with Crippen LogP contribution in [0.25, 0.3) is 0 Å². The van der Waals surface area contributed by atoms with E-state index in [4.69, 9.17) is 0 Å². The number of fused-ring (bicyclic) bond motifs is 1. The second-order valence-corrected chi connectivity index (χ2v) is 4.67. The number of ketones is 1. The second kappa shape index (κ2) is 3.85. The van der Waals surface area contributed by atoms with Crippen molar-refractivity contribution in [1.29, 1.82) is 0 Å². The molecular weight excluding hydrogens is 174 g/mol. The summed E-state index contributed by atoms with van der Waals surface area (Å²) in [5, 5.41) is 0. The Kier molecular flexibility index (Phi) is 2.73. The van der Waals surface area contributed by atoms with Crippen molar-refractivity contribution in [3.63, 3.8) is 0 Å². The Morgan fingerprint density at radius 3 is 2.93 bits per heavy atom. The number of carbonyl (C=O) groups excluding carboxylic acids is 1. The van der Waals surface area contributed by atoms with Gasteiger partial charge < -0.3 is 0 Å². The molecule has 0 aliphatic carbocycles. The van der Waals surface area contributed by atoms with Crippen LogP contribution in [-0.2, 0) is 4.79 Å². The smallest absolute Gasteiger partial charge is 0.136 e. The van der Waals surface area contributed by atoms with Crippen molar-refractivity contribution in [2.75, 3.05) is 6.54 Å². The number of piperidine rings is 1. The normalized spacial score (nSPS) is 33.5. The lowest BCUT2D eigenvalue weighted by molar-refractivity contribution is -0.124. The highest BCUT2D eigenvalue weighted by atomic mass is 16.1. The first-order chi connectivity index (χ1) is 6.70. The predicted octanol–water partition coefficient (Wildman–Crippen LogP) is 2.15. The van der Waals surface area contributed by atoms with Crippen LogP contribution >= 0.6 is 0 Å². The second-order valence-electron chi connectivity index (χ2n) is 4.67. The summed E-state index contributed by atoms with van der Waals surface area (Å²) < 4.78 is 0. The lowest BCUT2D eigenvalue weighted by atomic mass is 9.93. The molecular formula is C12H19NO. The minimum atomic E-state index is 0.458. The van der Waals surface area contributed by atoms with E-state index in [1.165, 1.54) is 12.0 Å². The van der Waals surface area contributed by atoms with E-state index in [9.17, 15) is 4.79 Å². The van der Waals surface area contributed by atoms with Gasteiger partial charge in [-0.3, -0.25) is 9.69 Å². The summed E-state index contributed by atoms with van der Waals surface area (Å²) in [4.78, 5) is 14.0. The van der Waals surface area contributed by atoms with Gasteiger partial charge in [0.2, 0.25) is 0 Å². The van der Waals surface area contributed by atoms with Gasteiger partial charge >= 0.3 is 0 Å². The molecule has 0 amide bonds. The summed E-state index contributed by atoms with van der Waals surface area (Å²) >= 11 is 0. The first kappa shape index (κ1) is 9.91. The third-order valence-electron chi connectivity index (χ3n) is 3.42. The maximum absolute atomic E-state index is 11.5. The molecule has 2 heterocycles. The van der Waals surface area contributed by atoms with Gasteiger partial charge in [-0.05, 0) is 12.8 Å². The summed E-state index contributed by atoms with van der Waals surface area (Å²) in [6.45, 7) is 7.27. The standard InChI is InChI=1S/C12H19NO/c1-3-4-10-6-12(14)7-11-5-9(2)8-13(10)11/h10-11H,2-8H2,1H3/t10-,11-/m0/s1. The molecule has 0 aromatic rings. The molecule has 2 saturated heterocycles. The van der Waals surface area contributed by atoms with Gasteiger partial charge in [-0.25, -0.2) is 0 Å². The summed E-state index contributed by atoms with van der Waals surface area (Å²) in [7, 11) is 0. The highest BCUT2D eigenvalue weighted by Crippen LogP contribution is 2.33. The van der Waals surface area contributed by atoms with E-state index in [1.807, 2.05) is 0 Å². The first-order valence-corrected chi connectivity index (χ1v) is 5.64. The van der Waals surface area contributed by atoms with Crippen LogP contribution in [0, 0.1) is 0 Å². The fraction of sp³-hybridized carbons (Fsp3) is 0.750. The van der Waals surface area contributed by atoms with Crippen LogP contribution in [-0.4, -0.2) is 29.3 Å². The fourth-order valence-corrected chi connectivity index (χ4v) is 2.85. The van der Waals surface area contributed by atoms with E-state index in [1.54, 1.807) is 0 Å². The Morgan fingerprint density at radius 1 is 1.43 bits per heavy atom. The van der Waals surface area contributed by atoms with Crippen LogP contribution in [0.4, 0.5) is 0 Å². The van der Waals surface area contributed by atoms with Crippen LogP contribution in [0.5, 0.6) is 0 Å². The average molecular weight is 193 g/mol. The minimum absolute atomic E-state index is 0.458. The molecule has 2 rings (SSSR count). The van der Waals surface area contributed by atoms with Gasteiger partial charge in [-0.2, -0.15) is 0 Å². The molecule has 2 nitrogen and oxygen atoms in total.